The van der Waals surface area contributed by atoms with Crippen LogP contribution in [0.2, 0.25) is 0 Å². The molecular weight excluding hydrogens is 362 g/mol. The van der Waals surface area contributed by atoms with E-state index in [0.717, 1.165) is 0 Å². The fourth-order valence-electron chi connectivity index (χ4n) is 4.13. The van der Waals surface area contributed by atoms with Gasteiger partial charge in [-0.05, 0) is 0 Å². The molecule has 3 amide bonds. The summed E-state index contributed by atoms with van der Waals surface area (Å²) in [4.78, 5) is 53.5. The van der Waals surface area contributed by atoms with Crippen LogP contribution < -0.4 is 0 Å². The van der Waals surface area contributed by atoms with E-state index in [4.69, 9.17) is 0 Å². The topological polar surface area (TPSA) is 98.2 Å². The van der Waals surface area contributed by atoms with Gasteiger partial charge in [-0.1, -0.05) is 30.3 Å². The lowest BCUT2D eigenvalue weighted by Crippen LogP contribution is -2.45. The number of amides is 3. The minimum atomic E-state index is -1.13. The van der Waals surface area contributed by atoms with Gasteiger partial charge in [0.15, 0.2) is 5.78 Å². The summed E-state index contributed by atoms with van der Waals surface area (Å²) in [6, 6.07) is 8.57. The first-order valence-corrected chi connectivity index (χ1v) is 9.30. The summed E-state index contributed by atoms with van der Waals surface area (Å²) in [5, 5.41) is 9.84. The molecule has 0 aromatic heterocycles. The van der Waals surface area contributed by atoms with E-state index >= 15 is 0 Å². The van der Waals surface area contributed by atoms with Gasteiger partial charge in [0.1, 0.15) is 5.41 Å². The summed E-state index contributed by atoms with van der Waals surface area (Å²) < 4.78 is 0. The van der Waals surface area contributed by atoms with Crippen molar-refractivity contribution in [2.24, 2.45) is 11.3 Å². The number of nitrogens with zero attached hydrogens (tertiary/aromatic N) is 3. The van der Waals surface area contributed by atoms with Crippen molar-refractivity contribution in [3.8, 4) is 0 Å². The van der Waals surface area contributed by atoms with Crippen molar-refractivity contribution < 1.29 is 24.3 Å². The molecular formula is C20H25N3O5. The number of benzene rings is 1. The lowest BCUT2D eigenvalue weighted by molar-refractivity contribution is -0.149. The molecule has 2 saturated heterocycles. The Kier molecular flexibility index (Phi) is 5.40. The summed E-state index contributed by atoms with van der Waals surface area (Å²) in [5.74, 6) is -1.61. The molecule has 2 fully saturated rings. The van der Waals surface area contributed by atoms with Crippen LogP contribution in [0.1, 0.15) is 23.2 Å². The van der Waals surface area contributed by atoms with Gasteiger partial charge in [-0.3, -0.25) is 14.4 Å². The van der Waals surface area contributed by atoms with Crippen LogP contribution in [0.4, 0.5) is 4.79 Å². The van der Waals surface area contributed by atoms with E-state index in [1.54, 1.807) is 43.3 Å². The maximum atomic E-state index is 12.6. The highest BCUT2D eigenvalue weighted by Gasteiger charge is 2.59. The molecule has 1 aromatic rings. The Hall–Kier alpha value is -2.90. The van der Waals surface area contributed by atoms with Gasteiger partial charge in [0.05, 0.1) is 0 Å². The summed E-state index contributed by atoms with van der Waals surface area (Å²) in [5.41, 5.74) is -0.571. The minimum Gasteiger partial charge on any atom is -0.481 e. The zero-order valence-electron chi connectivity index (χ0n) is 16.1. The van der Waals surface area contributed by atoms with Crippen molar-refractivity contribution in [2.45, 2.75) is 12.8 Å². The number of carbonyl (C=O) groups is 4. The molecule has 2 aliphatic rings. The van der Waals surface area contributed by atoms with Crippen LogP contribution in [-0.4, -0.2) is 83.8 Å². The van der Waals surface area contributed by atoms with Gasteiger partial charge in [0.25, 0.3) is 0 Å². The second kappa shape index (κ2) is 7.61. The number of carboxylic acids is 1. The average Bonchev–Trinajstić information content (AvgIpc) is 3.21. The van der Waals surface area contributed by atoms with E-state index in [1.807, 2.05) is 6.07 Å². The van der Waals surface area contributed by atoms with Gasteiger partial charge in [0.2, 0.25) is 5.91 Å². The van der Waals surface area contributed by atoms with E-state index in [2.05, 4.69) is 0 Å². The summed E-state index contributed by atoms with van der Waals surface area (Å²) in [7, 11) is 3.26. The Morgan fingerprint density at radius 1 is 1.04 bits per heavy atom. The zero-order chi connectivity index (χ0) is 20.5. The highest BCUT2D eigenvalue weighted by atomic mass is 16.4. The molecule has 8 heteroatoms. The lowest BCUT2D eigenvalue weighted by Gasteiger charge is -2.27. The summed E-state index contributed by atoms with van der Waals surface area (Å²) in [6.45, 7) is 0.775. The van der Waals surface area contributed by atoms with Crippen LogP contribution in [0.25, 0.3) is 0 Å². The predicted octanol–water partition coefficient (Wildman–Crippen LogP) is 1.18. The van der Waals surface area contributed by atoms with Crippen molar-refractivity contribution in [1.29, 1.82) is 0 Å². The number of Topliss-reactive ketones (excluding diaryl/α,β-unsaturated/α-hetero) is 1. The number of hydrogen-bond donors (Lipinski definition) is 1. The monoisotopic (exact) mass is 387 g/mol. The molecule has 0 unspecified atom stereocenters. The lowest BCUT2D eigenvalue weighted by atomic mass is 9.81. The molecule has 0 radical (unpaired) electrons. The first-order chi connectivity index (χ1) is 13.2. The van der Waals surface area contributed by atoms with Crippen molar-refractivity contribution in [3.05, 3.63) is 35.9 Å². The second-order valence-electron chi connectivity index (χ2n) is 7.78. The van der Waals surface area contributed by atoms with Gasteiger partial charge >= 0.3 is 12.0 Å². The molecule has 0 aliphatic carbocycles. The van der Waals surface area contributed by atoms with Gasteiger partial charge in [0, 0.05) is 64.6 Å². The number of fused-ring (bicyclic) bond motifs is 1. The maximum absolute atomic E-state index is 12.6. The van der Waals surface area contributed by atoms with E-state index < -0.39 is 11.4 Å². The number of hydrogen-bond acceptors (Lipinski definition) is 4. The Morgan fingerprint density at radius 2 is 1.64 bits per heavy atom. The normalized spacial score (nSPS) is 23.4. The number of carboxylic acid groups (broad SMARTS) is 1. The molecule has 0 spiro atoms. The number of carbonyl (C=O) groups excluding carboxylic acids is 3. The Balaban J connectivity index is 1.62. The largest absolute Gasteiger partial charge is 0.481 e. The summed E-state index contributed by atoms with van der Waals surface area (Å²) in [6.07, 6.45) is 0.145. The standard InChI is InChI=1S/C20H25N3O5/c1-21(2)19(28)23-11-15-10-22(12-20(15,13-23)18(26)27)17(25)9-8-16(24)14-6-4-3-5-7-14/h3-7,15H,8-13H2,1-2H3,(H,26,27)/t15-,20-/m1/s1. The van der Waals surface area contributed by atoms with Crippen molar-refractivity contribution in [1.82, 2.24) is 14.7 Å². The van der Waals surface area contributed by atoms with E-state index in [1.165, 1.54) is 9.80 Å². The smallest absolute Gasteiger partial charge is 0.319 e. The molecule has 2 aliphatic heterocycles. The van der Waals surface area contributed by atoms with Gasteiger partial charge in [-0.25, -0.2) is 4.79 Å². The van der Waals surface area contributed by atoms with Crippen LogP contribution in [0.15, 0.2) is 30.3 Å². The number of rotatable bonds is 5. The third-order valence-corrected chi connectivity index (χ3v) is 5.70. The molecule has 1 aromatic carbocycles. The molecule has 1 N–H and O–H groups in total. The molecule has 0 saturated carbocycles. The van der Waals surface area contributed by atoms with Crippen LogP contribution in [-0.2, 0) is 9.59 Å². The average molecular weight is 387 g/mol. The Labute approximate surface area is 163 Å². The number of aliphatic carboxylic acids is 1. The van der Waals surface area contributed by atoms with Crippen molar-refractivity contribution in [3.63, 3.8) is 0 Å². The molecule has 0 bridgehead atoms. The SMILES string of the molecule is CN(C)C(=O)N1C[C@H]2CN(C(=O)CCC(=O)c3ccccc3)C[C@@]2(C(=O)O)C1. The summed E-state index contributed by atoms with van der Waals surface area (Å²) >= 11 is 0. The second-order valence-corrected chi connectivity index (χ2v) is 7.78. The highest BCUT2D eigenvalue weighted by molar-refractivity contribution is 5.98. The highest BCUT2D eigenvalue weighted by Crippen LogP contribution is 2.43. The van der Waals surface area contributed by atoms with Crippen molar-refractivity contribution in [2.75, 3.05) is 40.3 Å². The number of likely N-dealkylation sites (tertiary alicyclic amines) is 2. The molecule has 2 heterocycles. The van der Waals surface area contributed by atoms with Crippen LogP contribution in [0, 0.1) is 11.3 Å². The van der Waals surface area contributed by atoms with E-state index in [0.29, 0.717) is 18.7 Å². The predicted molar refractivity (Wildman–Crippen MR) is 101 cm³/mol. The molecule has 8 nitrogen and oxygen atoms in total. The Bertz CT molecular complexity index is 794. The van der Waals surface area contributed by atoms with E-state index in [-0.39, 0.29) is 49.6 Å². The Morgan fingerprint density at radius 3 is 2.21 bits per heavy atom. The first kappa shape index (κ1) is 19.9. The number of urea groups is 1. The zero-order valence-corrected chi connectivity index (χ0v) is 16.1. The molecule has 28 heavy (non-hydrogen) atoms. The minimum absolute atomic E-state index is 0.0521. The third-order valence-electron chi connectivity index (χ3n) is 5.70. The maximum Gasteiger partial charge on any atom is 0.319 e. The fourth-order valence-corrected chi connectivity index (χ4v) is 4.13. The van der Waals surface area contributed by atoms with E-state index in [9.17, 15) is 24.3 Å². The van der Waals surface area contributed by atoms with Gasteiger partial charge in [-0.15, -0.1) is 0 Å². The first-order valence-electron chi connectivity index (χ1n) is 9.30. The quantitative estimate of drug-likeness (QED) is 0.765. The van der Waals surface area contributed by atoms with Crippen molar-refractivity contribution >= 4 is 23.7 Å². The van der Waals surface area contributed by atoms with Crippen LogP contribution >= 0.6 is 0 Å². The molecule has 3 rings (SSSR count). The van der Waals surface area contributed by atoms with Gasteiger partial charge < -0.3 is 19.8 Å². The fraction of sp³-hybridized carbons (Fsp3) is 0.500. The van der Waals surface area contributed by atoms with Crippen LogP contribution in [0.3, 0.4) is 0 Å². The molecule has 150 valence electrons. The third kappa shape index (κ3) is 3.58. The molecule has 2 atom stereocenters. The van der Waals surface area contributed by atoms with Crippen LogP contribution in [0.5, 0.6) is 0 Å². The number of ketones is 1. The van der Waals surface area contributed by atoms with Gasteiger partial charge in [-0.2, -0.15) is 0 Å².